The predicted molar refractivity (Wildman–Crippen MR) is 85.7 cm³/mol. The fourth-order valence-electron chi connectivity index (χ4n) is 2.08. The van der Waals surface area contributed by atoms with E-state index in [1.807, 2.05) is 31.2 Å². The van der Waals surface area contributed by atoms with Gasteiger partial charge in [0.2, 0.25) is 0 Å². The number of nitrogens with one attached hydrogen (secondary N) is 1. The molecule has 2 aromatic carbocycles. The molecule has 0 spiro atoms. The molecule has 2 nitrogen and oxygen atoms in total. The highest BCUT2D eigenvalue weighted by Gasteiger charge is 2.10. The average Bonchev–Trinajstić information content (AvgIpc) is 2.45. The van der Waals surface area contributed by atoms with Crippen LogP contribution in [0, 0.1) is 5.82 Å². The summed E-state index contributed by atoms with van der Waals surface area (Å²) in [6, 6.07) is 12.2. The number of hydrogen-bond acceptors (Lipinski definition) is 2. The summed E-state index contributed by atoms with van der Waals surface area (Å²) < 4.78 is 18.7. The Morgan fingerprint density at radius 2 is 2.05 bits per heavy atom. The van der Waals surface area contributed by atoms with Gasteiger partial charge in [-0.15, -0.1) is 0 Å². The number of rotatable bonds is 6. The fraction of sp³-hybridized carbons (Fsp3) is 0.294. The summed E-state index contributed by atoms with van der Waals surface area (Å²) in [6.45, 7) is 4.75. The molecule has 0 aromatic heterocycles. The normalized spacial score (nSPS) is 12.0. The Bertz CT molecular complexity index is 603. The van der Waals surface area contributed by atoms with Crippen LogP contribution in [0.25, 0.3) is 0 Å². The Hall–Kier alpha value is -1.74. The zero-order valence-corrected chi connectivity index (χ0v) is 13.0. The Kier molecular flexibility index (Phi) is 5.45. The minimum absolute atomic E-state index is 0.0282. The van der Waals surface area contributed by atoms with Gasteiger partial charge in [0.05, 0.1) is 6.61 Å². The van der Waals surface area contributed by atoms with Gasteiger partial charge in [-0.25, -0.2) is 4.39 Å². The Labute approximate surface area is 129 Å². The number of benzene rings is 2. The Morgan fingerprint density at radius 3 is 2.76 bits per heavy atom. The third-order valence-corrected chi connectivity index (χ3v) is 3.45. The van der Waals surface area contributed by atoms with Crippen molar-refractivity contribution in [3.05, 3.63) is 58.9 Å². The quantitative estimate of drug-likeness (QED) is 0.767. The van der Waals surface area contributed by atoms with E-state index in [0.29, 0.717) is 11.6 Å². The monoisotopic (exact) mass is 307 g/mol. The molecule has 0 bridgehead atoms. The van der Waals surface area contributed by atoms with Gasteiger partial charge < -0.3 is 10.1 Å². The molecule has 0 radical (unpaired) electrons. The molecule has 112 valence electrons. The SMILES string of the molecule is CCCOc1cccc(NC(C)c2ccc(F)cc2Cl)c1. The van der Waals surface area contributed by atoms with Gasteiger partial charge >= 0.3 is 0 Å². The third-order valence-electron chi connectivity index (χ3n) is 3.12. The van der Waals surface area contributed by atoms with E-state index in [-0.39, 0.29) is 11.9 Å². The summed E-state index contributed by atoms with van der Waals surface area (Å²) in [7, 11) is 0. The zero-order valence-electron chi connectivity index (χ0n) is 12.2. The maximum Gasteiger partial charge on any atom is 0.124 e. The van der Waals surface area contributed by atoms with Gasteiger partial charge in [-0.2, -0.15) is 0 Å². The maximum absolute atomic E-state index is 13.1. The van der Waals surface area contributed by atoms with Gasteiger partial charge in [-0.1, -0.05) is 30.7 Å². The topological polar surface area (TPSA) is 21.3 Å². The van der Waals surface area contributed by atoms with Gasteiger partial charge in [-0.05, 0) is 43.2 Å². The highest BCUT2D eigenvalue weighted by atomic mass is 35.5. The molecule has 4 heteroatoms. The van der Waals surface area contributed by atoms with Crippen LogP contribution in [-0.4, -0.2) is 6.61 Å². The second-order valence-corrected chi connectivity index (χ2v) is 5.32. The molecule has 0 fully saturated rings. The molecule has 0 amide bonds. The highest BCUT2D eigenvalue weighted by Crippen LogP contribution is 2.27. The van der Waals surface area contributed by atoms with E-state index in [4.69, 9.17) is 16.3 Å². The first kappa shape index (κ1) is 15.6. The molecule has 1 N–H and O–H groups in total. The van der Waals surface area contributed by atoms with Gasteiger partial charge in [-0.3, -0.25) is 0 Å². The van der Waals surface area contributed by atoms with E-state index in [2.05, 4.69) is 12.2 Å². The zero-order chi connectivity index (χ0) is 15.2. The van der Waals surface area contributed by atoms with Crippen molar-refractivity contribution in [2.75, 3.05) is 11.9 Å². The fourth-order valence-corrected chi connectivity index (χ4v) is 2.41. The number of anilines is 1. The standard InChI is InChI=1S/C17H19ClFNO/c1-3-9-21-15-6-4-5-14(11-15)20-12(2)16-8-7-13(19)10-17(16)18/h4-8,10-12,20H,3,9H2,1-2H3. The van der Waals surface area contributed by atoms with Crippen molar-refractivity contribution in [1.29, 1.82) is 0 Å². The number of hydrogen-bond donors (Lipinski definition) is 1. The molecular formula is C17H19ClFNO. The molecule has 1 unspecified atom stereocenters. The lowest BCUT2D eigenvalue weighted by molar-refractivity contribution is 0.317. The lowest BCUT2D eigenvalue weighted by atomic mass is 10.1. The molecule has 0 saturated carbocycles. The molecule has 0 aliphatic rings. The van der Waals surface area contributed by atoms with Crippen molar-refractivity contribution in [2.45, 2.75) is 26.3 Å². The predicted octanol–water partition coefficient (Wildman–Crippen LogP) is 5.44. The lowest BCUT2D eigenvalue weighted by Crippen LogP contribution is -2.07. The Balaban J connectivity index is 2.10. The van der Waals surface area contributed by atoms with Crippen LogP contribution >= 0.6 is 11.6 Å². The second kappa shape index (κ2) is 7.32. The first-order valence-corrected chi connectivity index (χ1v) is 7.42. The van der Waals surface area contributed by atoms with Crippen LogP contribution < -0.4 is 10.1 Å². The van der Waals surface area contributed by atoms with Crippen molar-refractivity contribution < 1.29 is 9.13 Å². The van der Waals surface area contributed by atoms with Crippen LogP contribution in [0.5, 0.6) is 5.75 Å². The van der Waals surface area contributed by atoms with Crippen LogP contribution in [0.3, 0.4) is 0 Å². The first-order valence-electron chi connectivity index (χ1n) is 7.04. The van der Waals surface area contributed by atoms with Crippen molar-refractivity contribution >= 4 is 17.3 Å². The molecule has 21 heavy (non-hydrogen) atoms. The minimum Gasteiger partial charge on any atom is -0.494 e. The average molecular weight is 308 g/mol. The molecule has 0 saturated heterocycles. The van der Waals surface area contributed by atoms with Crippen molar-refractivity contribution in [3.63, 3.8) is 0 Å². The summed E-state index contributed by atoms with van der Waals surface area (Å²) in [5, 5.41) is 3.77. The van der Waals surface area contributed by atoms with Crippen molar-refractivity contribution in [2.24, 2.45) is 0 Å². The third kappa shape index (κ3) is 4.36. The largest absolute Gasteiger partial charge is 0.494 e. The molecule has 0 heterocycles. The van der Waals surface area contributed by atoms with E-state index >= 15 is 0 Å². The Morgan fingerprint density at radius 1 is 1.24 bits per heavy atom. The van der Waals surface area contributed by atoms with E-state index in [1.54, 1.807) is 6.07 Å². The second-order valence-electron chi connectivity index (χ2n) is 4.91. The van der Waals surface area contributed by atoms with E-state index in [0.717, 1.165) is 23.4 Å². The molecule has 0 aliphatic heterocycles. The van der Waals surface area contributed by atoms with E-state index in [1.165, 1.54) is 12.1 Å². The van der Waals surface area contributed by atoms with Crippen LogP contribution in [-0.2, 0) is 0 Å². The van der Waals surface area contributed by atoms with Crippen molar-refractivity contribution in [3.8, 4) is 5.75 Å². The molecule has 2 aromatic rings. The van der Waals surface area contributed by atoms with Gasteiger partial charge in [0.1, 0.15) is 11.6 Å². The summed E-state index contributed by atoms with van der Waals surface area (Å²) in [5.74, 6) is 0.505. The lowest BCUT2D eigenvalue weighted by Gasteiger charge is -2.17. The van der Waals surface area contributed by atoms with Crippen LogP contribution in [0.15, 0.2) is 42.5 Å². The summed E-state index contributed by atoms with van der Waals surface area (Å²) >= 11 is 6.09. The molecule has 1 atom stereocenters. The molecule has 2 rings (SSSR count). The smallest absolute Gasteiger partial charge is 0.124 e. The molecule has 0 aliphatic carbocycles. The van der Waals surface area contributed by atoms with Crippen LogP contribution in [0.1, 0.15) is 31.9 Å². The van der Waals surface area contributed by atoms with Crippen LogP contribution in [0.4, 0.5) is 10.1 Å². The van der Waals surface area contributed by atoms with Crippen molar-refractivity contribution in [1.82, 2.24) is 0 Å². The number of halogens is 2. The number of ether oxygens (including phenoxy) is 1. The summed E-state index contributed by atoms with van der Waals surface area (Å²) in [5.41, 5.74) is 1.80. The van der Waals surface area contributed by atoms with E-state index < -0.39 is 0 Å². The summed E-state index contributed by atoms with van der Waals surface area (Å²) in [4.78, 5) is 0. The first-order chi connectivity index (χ1) is 10.1. The van der Waals surface area contributed by atoms with Gasteiger partial charge in [0, 0.05) is 22.8 Å². The van der Waals surface area contributed by atoms with Gasteiger partial charge in [0.25, 0.3) is 0 Å². The molecular weight excluding hydrogens is 289 g/mol. The maximum atomic E-state index is 13.1. The van der Waals surface area contributed by atoms with E-state index in [9.17, 15) is 4.39 Å². The minimum atomic E-state index is -0.328. The summed E-state index contributed by atoms with van der Waals surface area (Å²) in [6.07, 6.45) is 0.971. The highest BCUT2D eigenvalue weighted by molar-refractivity contribution is 6.31. The van der Waals surface area contributed by atoms with Crippen LogP contribution in [0.2, 0.25) is 5.02 Å². The van der Waals surface area contributed by atoms with Gasteiger partial charge in [0.15, 0.2) is 0 Å².